The van der Waals surface area contributed by atoms with Crippen molar-refractivity contribution in [2.45, 2.75) is 0 Å². The Labute approximate surface area is 69.4 Å². The molecule has 2 aromatic rings. The molecule has 1 aromatic carbocycles. The molecule has 0 bridgehead atoms. The fourth-order valence-corrected chi connectivity index (χ4v) is 1.24. The van der Waals surface area contributed by atoms with Gasteiger partial charge >= 0.3 is 7.12 Å². The molecule has 1 aromatic heterocycles. The van der Waals surface area contributed by atoms with Crippen LogP contribution in [0.4, 0.5) is 0 Å². The van der Waals surface area contributed by atoms with Gasteiger partial charge < -0.3 is 14.5 Å². The molecule has 0 aliphatic heterocycles. The zero-order valence-electron chi connectivity index (χ0n) is 6.27. The first-order valence-corrected chi connectivity index (χ1v) is 3.61. The number of benzene rings is 1. The largest absolute Gasteiger partial charge is 0.489 e. The molecule has 0 radical (unpaired) electrons. The lowest BCUT2D eigenvalue weighted by Crippen LogP contribution is -2.29. The van der Waals surface area contributed by atoms with Crippen LogP contribution in [0.15, 0.2) is 34.9 Å². The van der Waals surface area contributed by atoms with E-state index < -0.39 is 7.12 Å². The van der Waals surface area contributed by atoms with Gasteiger partial charge in [-0.3, -0.25) is 0 Å². The molecule has 0 atom stereocenters. The second-order valence-electron chi connectivity index (χ2n) is 2.55. The van der Waals surface area contributed by atoms with Crippen molar-refractivity contribution in [3.63, 3.8) is 0 Å². The Morgan fingerprint density at radius 2 is 2.00 bits per heavy atom. The molecule has 4 heteroatoms. The van der Waals surface area contributed by atoms with Crippen molar-refractivity contribution in [1.82, 2.24) is 0 Å². The number of fused-ring (bicyclic) bond motifs is 1. The number of hydrogen-bond donors (Lipinski definition) is 2. The van der Waals surface area contributed by atoms with Gasteiger partial charge in [-0.05, 0) is 17.6 Å². The van der Waals surface area contributed by atoms with Crippen LogP contribution in [0.1, 0.15) is 0 Å². The molecule has 0 unspecified atom stereocenters. The highest BCUT2D eigenvalue weighted by atomic mass is 16.4. The summed E-state index contributed by atoms with van der Waals surface area (Å²) in [5.41, 5.74) is 1.14. The van der Waals surface area contributed by atoms with Crippen molar-refractivity contribution in [3.05, 3.63) is 30.5 Å². The standard InChI is InChI=1S/C8H7BO3/c10-9(11)7-2-1-3-8-6(7)4-5-12-8/h1-5,10-11H. The minimum absolute atomic E-state index is 0.473. The van der Waals surface area contributed by atoms with E-state index in [2.05, 4.69) is 0 Å². The molecule has 0 saturated carbocycles. The minimum Gasteiger partial charge on any atom is -0.464 e. The summed E-state index contributed by atoms with van der Waals surface area (Å²) in [7, 11) is -1.44. The van der Waals surface area contributed by atoms with Crippen molar-refractivity contribution in [1.29, 1.82) is 0 Å². The van der Waals surface area contributed by atoms with Gasteiger partial charge in [0.1, 0.15) is 5.58 Å². The zero-order chi connectivity index (χ0) is 8.55. The minimum atomic E-state index is -1.44. The molecule has 60 valence electrons. The third-order valence-corrected chi connectivity index (χ3v) is 1.81. The smallest absolute Gasteiger partial charge is 0.464 e. The molecule has 0 aliphatic carbocycles. The van der Waals surface area contributed by atoms with Crippen molar-refractivity contribution < 1.29 is 14.5 Å². The van der Waals surface area contributed by atoms with Crippen LogP contribution in [0.2, 0.25) is 0 Å². The van der Waals surface area contributed by atoms with Gasteiger partial charge in [0.25, 0.3) is 0 Å². The first-order valence-electron chi connectivity index (χ1n) is 3.61. The van der Waals surface area contributed by atoms with Crippen LogP contribution in [0.25, 0.3) is 11.0 Å². The SMILES string of the molecule is OB(O)c1cccc2occc12. The predicted octanol–water partition coefficient (Wildman–Crippen LogP) is 0.113. The van der Waals surface area contributed by atoms with E-state index in [-0.39, 0.29) is 0 Å². The van der Waals surface area contributed by atoms with Gasteiger partial charge in [-0.2, -0.15) is 0 Å². The van der Waals surface area contributed by atoms with Crippen LogP contribution in [0.3, 0.4) is 0 Å². The fourth-order valence-electron chi connectivity index (χ4n) is 1.24. The molecule has 2 N–H and O–H groups in total. The summed E-state index contributed by atoms with van der Waals surface area (Å²) in [4.78, 5) is 0. The fraction of sp³-hybridized carbons (Fsp3) is 0. The van der Waals surface area contributed by atoms with E-state index in [0.717, 1.165) is 5.39 Å². The molecule has 0 saturated heterocycles. The third kappa shape index (κ3) is 1.01. The summed E-state index contributed by atoms with van der Waals surface area (Å²) in [5.74, 6) is 0. The molecule has 2 rings (SSSR count). The Balaban J connectivity index is 2.73. The van der Waals surface area contributed by atoms with E-state index in [0.29, 0.717) is 11.0 Å². The summed E-state index contributed by atoms with van der Waals surface area (Å²) in [6.07, 6.45) is 1.52. The predicted molar refractivity (Wildman–Crippen MR) is 46.0 cm³/mol. The first-order chi connectivity index (χ1) is 5.79. The summed E-state index contributed by atoms with van der Waals surface area (Å²) in [6, 6.07) is 6.87. The first kappa shape index (κ1) is 7.40. The van der Waals surface area contributed by atoms with Crippen molar-refractivity contribution in [2.24, 2.45) is 0 Å². The van der Waals surface area contributed by atoms with E-state index >= 15 is 0 Å². The Kier molecular flexibility index (Phi) is 1.64. The maximum atomic E-state index is 8.95. The van der Waals surface area contributed by atoms with Gasteiger partial charge in [-0.1, -0.05) is 12.1 Å². The number of furan rings is 1. The molecule has 0 amide bonds. The molecule has 12 heavy (non-hydrogen) atoms. The molecule has 0 spiro atoms. The van der Waals surface area contributed by atoms with Crippen LogP contribution in [0, 0.1) is 0 Å². The van der Waals surface area contributed by atoms with Crippen LogP contribution >= 0.6 is 0 Å². The second kappa shape index (κ2) is 2.66. The van der Waals surface area contributed by atoms with E-state index in [9.17, 15) is 0 Å². The van der Waals surface area contributed by atoms with Crippen molar-refractivity contribution in [3.8, 4) is 0 Å². The Bertz CT molecular complexity index is 394. The molecule has 0 aliphatic rings. The summed E-state index contributed by atoms with van der Waals surface area (Å²) in [5, 5.41) is 18.7. The van der Waals surface area contributed by atoms with Gasteiger partial charge in [0.05, 0.1) is 6.26 Å². The van der Waals surface area contributed by atoms with E-state index in [1.165, 1.54) is 6.26 Å². The van der Waals surface area contributed by atoms with Crippen LogP contribution in [-0.4, -0.2) is 17.2 Å². The van der Waals surface area contributed by atoms with Crippen molar-refractivity contribution in [2.75, 3.05) is 0 Å². The Hall–Kier alpha value is -1.26. The normalized spacial score (nSPS) is 10.5. The van der Waals surface area contributed by atoms with Crippen LogP contribution in [-0.2, 0) is 0 Å². The van der Waals surface area contributed by atoms with Crippen molar-refractivity contribution >= 4 is 23.6 Å². The number of hydrogen-bond acceptors (Lipinski definition) is 3. The average molecular weight is 162 g/mol. The highest BCUT2D eigenvalue weighted by Gasteiger charge is 2.14. The van der Waals surface area contributed by atoms with Gasteiger partial charge in [0.2, 0.25) is 0 Å². The molecule has 3 nitrogen and oxygen atoms in total. The third-order valence-electron chi connectivity index (χ3n) is 1.81. The van der Waals surface area contributed by atoms with Gasteiger partial charge in [0.15, 0.2) is 0 Å². The topological polar surface area (TPSA) is 53.6 Å². The van der Waals surface area contributed by atoms with Gasteiger partial charge in [-0.15, -0.1) is 0 Å². The van der Waals surface area contributed by atoms with E-state index in [4.69, 9.17) is 14.5 Å². The zero-order valence-corrected chi connectivity index (χ0v) is 6.27. The lowest BCUT2D eigenvalue weighted by atomic mass is 9.78. The Morgan fingerprint density at radius 1 is 1.17 bits per heavy atom. The summed E-state index contributed by atoms with van der Waals surface area (Å²) >= 11 is 0. The summed E-state index contributed by atoms with van der Waals surface area (Å²) in [6.45, 7) is 0. The highest BCUT2D eigenvalue weighted by molar-refractivity contribution is 6.61. The lowest BCUT2D eigenvalue weighted by molar-refractivity contribution is 0.426. The molecule has 1 heterocycles. The van der Waals surface area contributed by atoms with Gasteiger partial charge in [0, 0.05) is 5.39 Å². The Morgan fingerprint density at radius 3 is 2.75 bits per heavy atom. The molecular weight excluding hydrogens is 155 g/mol. The highest BCUT2D eigenvalue weighted by Crippen LogP contribution is 2.12. The summed E-state index contributed by atoms with van der Waals surface area (Å²) < 4.78 is 5.09. The maximum Gasteiger partial charge on any atom is 0.489 e. The van der Waals surface area contributed by atoms with Crippen LogP contribution in [0.5, 0.6) is 0 Å². The van der Waals surface area contributed by atoms with E-state index in [1.807, 2.05) is 0 Å². The lowest BCUT2D eigenvalue weighted by Gasteiger charge is -1.98. The van der Waals surface area contributed by atoms with Gasteiger partial charge in [-0.25, -0.2) is 0 Å². The second-order valence-corrected chi connectivity index (χ2v) is 2.55. The molecule has 0 fully saturated rings. The van der Waals surface area contributed by atoms with E-state index in [1.54, 1.807) is 24.3 Å². The quantitative estimate of drug-likeness (QED) is 0.585. The molecular formula is C8H7BO3. The average Bonchev–Trinajstić information content (AvgIpc) is 2.49. The number of rotatable bonds is 1. The maximum absolute atomic E-state index is 8.95. The monoisotopic (exact) mass is 162 g/mol. The van der Waals surface area contributed by atoms with Crippen LogP contribution < -0.4 is 5.46 Å².